The second-order valence-corrected chi connectivity index (χ2v) is 4.02. The fourth-order valence-electron chi connectivity index (χ4n) is 1.54. The maximum absolute atomic E-state index is 9.62. The molecule has 70 valence electrons. The van der Waals surface area contributed by atoms with Crippen LogP contribution < -0.4 is 0 Å². The number of rotatable bonds is 0. The van der Waals surface area contributed by atoms with Crippen LogP contribution in [0.3, 0.4) is 0 Å². The van der Waals surface area contributed by atoms with Crippen LogP contribution in [0.15, 0.2) is 17.6 Å². The summed E-state index contributed by atoms with van der Waals surface area (Å²) < 4.78 is 2.18. The number of thiazole rings is 1. The smallest absolute Gasteiger partial charge is 0.142 e. The zero-order chi connectivity index (χ0) is 9.71. The Labute approximate surface area is 83.4 Å². The predicted octanol–water partition coefficient (Wildman–Crippen LogP) is 2.19. The number of nitrogens with zero attached hydrogens (tertiary/aromatic N) is 3. The Balaban J connectivity index is 2.56. The lowest BCUT2D eigenvalue weighted by molar-refractivity contribution is 0.191. The van der Waals surface area contributed by atoms with Gasteiger partial charge in [-0.1, -0.05) is 0 Å². The summed E-state index contributed by atoms with van der Waals surface area (Å²) in [4.78, 5) is 8.42. The summed E-state index contributed by atoms with van der Waals surface area (Å²) in [6, 6.07) is 3.79. The molecular formula is C9H7N3OS. The molecule has 3 rings (SSSR count). The summed E-state index contributed by atoms with van der Waals surface area (Å²) >= 11 is 1.58. The van der Waals surface area contributed by atoms with Crippen LogP contribution in [0.4, 0.5) is 0 Å². The topological polar surface area (TPSA) is 50.9 Å². The largest absolute Gasteiger partial charge is 0.427 e. The molecule has 0 fully saturated rings. The minimum absolute atomic E-state index is 0.595. The predicted molar refractivity (Wildman–Crippen MR) is 54.8 cm³/mol. The van der Waals surface area contributed by atoms with Crippen molar-refractivity contribution in [3.8, 4) is 0 Å². The molecule has 14 heavy (non-hydrogen) atoms. The molecule has 0 unspecified atom stereocenters. The number of imidazole rings is 1. The Morgan fingerprint density at radius 1 is 1.36 bits per heavy atom. The Bertz CT molecular complexity index is 625. The van der Waals surface area contributed by atoms with E-state index < -0.39 is 0 Å². The Kier molecular flexibility index (Phi) is 1.36. The van der Waals surface area contributed by atoms with E-state index in [-0.39, 0.29) is 0 Å². The van der Waals surface area contributed by atoms with E-state index in [2.05, 4.69) is 9.97 Å². The molecule has 2 aromatic heterocycles. The van der Waals surface area contributed by atoms with Gasteiger partial charge in [-0.15, -0.1) is 11.3 Å². The van der Waals surface area contributed by atoms with Gasteiger partial charge in [0.1, 0.15) is 11.3 Å². The molecule has 5 heteroatoms. The van der Waals surface area contributed by atoms with Gasteiger partial charge in [0, 0.05) is 0 Å². The zero-order valence-electron chi connectivity index (χ0n) is 7.43. The molecule has 3 aromatic rings. The highest BCUT2D eigenvalue weighted by Crippen LogP contribution is 2.24. The summed E-state index contributed by atoms with van der Waals surface area (Å²) in [5.74, 6) is 0.595. The lowest BCUT2D eigenvalue weighted by Gasteiger charge is -1.93. The number of fused-ring (bicyclic) bond motifs is 2. The van der Waals surface area contributed by atoms with Crippen molar-refractivity contribution >= 4 is 32.6 Å². The average Bonchev–Trinajstić information content (AvgIpc) is 2.70. The molecule has 2 heterocycles. The molecule has 4 nitrogen and oxygen atoms in total. The highest BCUT2D eigenvalue weighted by atomic mass is 32.1. The van der Waals surface area contributed by atoms with E-state index in [1.165, 1.54) is 0 Å². The first-order chi connectivity index (χ1) is 6.75. The molecule has 1 aromatic carbocycles. The molecule has 0 aliphatic heterocycles. The summed E-state index contributed by atoms with van der Waals surface area (Å²) in [6.07, 6.45) is 0. The fraction of sp³-hybridized carbons (Fsp3) is 0.111. The summed E-state index contributed by atoms with van der Waals surface area (Å²) in [5.41, 5.74) is 4.21. The van der Waals surface area contributed by atoms with Crippen molar-refractivity contribution in [1.82, 2.24) is 14.7 Å². The van der Waals surface area contributed by atoms with Crippen LogP contribution in [0.25, 0.3) is 21.3 Å². The van der Waals surface area contributed by atoms with Gasteiger partial charge in [0.05, 0.1) is 21.2 Å². The first-order valence-electron chi connectivity index (χ1n) is 4.17. The highest BCUT2D eigenvalue weighted by molar-refractivity contribution is 7.16. The van der Waals surface area contributed by atoms with Crippen molar-refractivity contribution in [2.75, 3.05) is 0 Å². The SMILES string of the molecule is Cc1nc2cc3scnc3cc2n1O. The van der Waals surface area contributed by atoms with Gasteiger partial charge in [-0.05, 0) is 19.1 Å². The third kappa shape index (κ3) is 0.871. The van der Waals surface area contributed by atoms with Gasteiger partial charge in [-0.2, -0.15) is 4.73 Å². The zero-order valence-corrected chi connectivity index (χ0v) is 8.25. The summed E-state index contributed by atoms with van der Waals surface area (Å²) in [5, 5.41) is 9.62. The quantitative estimate of drug-likeness (QED) is 0.572. The van der Waals surface area contributed by atoms with E-state index >= 15 is 0 Å². The summed E-state index contributed by atoms with van der Waals surface area (Å²) in [7, 11) is 0. The van der Waals surface area contributed by atoms with Crippen molar-refractivity contribution in [3.63, 3.8) is 0 Å². The molecular weight excluding hydrogens is 198 g/mol. The van der Waals surface area contributed by atoms with Gasteiger partial charge in [0.15, 0.2) is 0 Å². The average molecular weight is 205 g/mol. The van der Waals surface area contributed by atoms with Crippen LogP contribution in [0.5, 0.6) is 0 Å². The van der Waals surface area contributed by atoms with Crippen LogP contribution in [0, 0.1) is 6.92 Å². The Morgan fingerprint density at radius 3 is 3.07 bits per heavy atom. The lowest BCUT2D eigenvalue weighted by atomic mass is 10.3. The monoisotopic (exact) mass is 205 g/mol. The molecule has 0 radical (unpaired) electrons. The molecule has 0 atom stereocenters. The van der Waals surface area contributed by atoms with E-state index in [4.69, 9.17) is 0 Å². The molecule has 0 saturated heterocycles. The van der Waals surface area contributed by atoms with Crippen molar-refractivity contribution < 1.29 is 5.21 Å². The first-order valence-corrected chi connectivity index (χ1v) is 5.05. The van der Waals surface area contributed by atoms with Crippen molar-refractivity contribution in [2.45, 2.75) is 6.92 Å². The molecule has 0 aliphatic rings. The highest BCUT2D eigenvalue weighted by Gasteiger charge is 2.08. The van der Waals surface area contributed by atoms with Crippen LogP contribution in [0.1, 0.15) is 5.82 Å². The molecule has 0 saturated carbocycles. The molecule has 0 spiro atoms. The van der Waals surface area contributed by atoms with E-state index in [0.29, 0.717) is 11.3 Å². The standard InChI is InChI=1S/C9H7N3OS/c1-5-11-6-3-9-7(10-4-14-9)2-8(6)12(5)13/h2-4,13H,1H3. The number of aryl methyl sites for hydroxylation is 1. The fourth-order valence-corrected chi connectivity index (χ4v) is 2.23. The van der Waals surface area contributed by atoms with Crippen LogP contribution in [-0.2, 0) is 0 Å². The van der Waals surface area contributed by atoms with Gasteiger partial charge in [-0.3, -0.25) is 0 Å². The normalized spacial score (nSPS) is 11.5. The van der Waals surface area contributed by atoms with E-state index in [1.807, 2.05) is 12.1 Å². The number of hydrogen-bond acceptors (Lipinski definition) is 4. The molecule has 0 aliphatic carbocycles. The maximum atomic E-state index is 9.62. The number of benzene rings is 1. The second-order valence-electron chi connectivity index (χ2n) is 3.13. The minimum atomic E-state index is 0.595. The minimum Gasteiger partial charge on any atom is -0.427 e. The van der Waals surface area contributed by atoms with Crippen LogP contribution >= 0.6 is 11.3 Å². The van der Waals surface area contributed by atoms with Gasteiger partial charge in [0.25, 0.3) is 0 Å². The molecule has 1 N–H and O–H groups in total. The van der Waals surface area contributed by atoms with E-state index in [1.54, 1.807) is 23.8 Å². The molecule has 0 bridgehead atoms. The first kappa shape index (κ1) is 7.75. The van der Waals surface area contributed by atoms with Crippen LogP contribution in [-0.4, -0.2) is 19.9 Å². The van der Waals surface area contributed by atoms with Gasteiger partial charge >= 0.3 is 0 Å². The second kappa shape index (κ2) is 2.45. The van der Waals surface area contributed by atoms with Crippen LogP contribution in [0.2, 0.25) is 0 Å². The summed E-state index contributed by atoms with van der Waals surface area (Å²) in [6.45, 7) is 1.77. The van der Waals surface area contributed by atoms with Crippen molar-refractivity contribution in [1.29, 1.82) is 0 Å². The lowest BCUT2D eigenvalue weighted by Crippen LogP contribution is -1.91. The van der Waals surface area contributed by atoms with Crippen molar-refractivity contribution in [2.24, 2.45) is 0 Å². The third-order valence-electron chi connectivity index (χ3n) is 2.24. The van der Waals surface area contributed by atoms with Gasteiger partial charge in [0.2, 0.25) is 0 Å². The molecule has 0 amide bonds. The number of hydrogen-bond donors (Lipinski definition) is 1. The number of aromatic nitrogens is 3. The van der Waals surface area contributed by atoms with Gasteiger partial charge < -0.3 is 5.21 Å². The third-order valence-corrected chi connectivity index (χ3v) is 3.04. The Hall–Kier alpha value is -1.62. The maximum Gasteiger partial charge on any atom is 0.142 e. The van der Waals surface area contributed by atoms with Crippen molar-refractivity contribution in [3.05, 3.63) is 23.5 Å². The van der Waals surface area contributed by atoms with E-state index in [0.717, 1.165) is 20.5 Å². The van der Waals surface area contributed by atoms with E-state index in [9.17, 15) is 5.21 Å². The Morgan fingerprint density at radius 2 is 2.21 bits per heavy atom. The van der Waals surface area contributed by atoms with Gasteiger partial charge in [-0.25, -0.2) is 9.97 Å².